The summed E-state index contributed by atoms with van der Waals surface area (Å²) in [6, 6.07) is 4.17. The summed E-state index contributed by atoms with van der Waals surface area (Å²) in [6.45, 7) is 0. The monoisotopic (exact) mass is 209 g/mol. The fraction of sp³-hybridized carbons (Fsp3) is 0.222. The Morgan fingerprint density at radius 2 is 1.93 bits per heavy atom. The Kier molecular flexibility index (Phi) is 3.33. The maximum atomic E-state index is 10.9. The molecule has 1 rings (SSSR count). The van der Waals surface area contributed by atoms with Crippen molar-refractivity contribution >= 4 is 24.2 Å². The fourth-order valence-electron chi connectivity index (χ4n) is 1.26. The zero-order chi connectivity index (χ0) is 11.6. The summed E-state index contributed by atoms with van der Waals surface area (Å²) in [5.41, 5.74) is 0.834. The molecule has 0 aliphatic carbocycles. The second-order valence-electron chi connectivity index (χ2n) is 3.35. The minimum absolute atomic E-state index is 0.129. The quantitative estimate of drug-likeness (QED) is 0.564. The van der Waals surface area contributed by atoms with Gasteiger partial charge in [0, 0.05) is 14.1 Å². The predicted molar refractivity (Wildman–Crippen MR) is 57.6 cm³/mol. The summed E-state index contributed by atoms with van der Waals surface area (Å²) in [4.78, 5) is 12.5. The van der Waals surface area contributed by atoms with E-state index in [0.717, 1.165) is 0 Å². The van der Waals surface area contributed by atoms with Crippen LogP contribution < -0.4 is 10.4 Å². The molecule has 0 atom stereocenters. The molecule has 0 radical (unpaired) electrons. The van der Waals surface area contributed by atoms with Crippen LogP contribution in [0.3, 0.4) is 0 Å². The average molecular weight is 209 g/mol. The van der Waals surface area contributed by atoms with Gasteiger partial charge in [-0.2, -0.15) is 0 Å². The molecule has 0 saturated carbocycles. The minimum atomic E-state index is -1.59. The summed E-state index contributed by atoms with van der Waals surface area (Å²) in [5.74, 6) is -1.04. The third-order valence-corrected chi connectivity index (χ3v) is 2.03. The SMILES string of the molecule is CN(C)c1cc(B(O)O)ccc1C(=O)O. The number of hydrogen-bond acceptors (Lipinski definition) is 4. The zero-order valence-electron chi connectivity index (χ0n) is 8.51. The zero-order valence-corrected chi connectivity index (χ0v) is 8.51. The second kappa shape index (κ2) is 4.33. The lowest BCUT2D eigenvalue weighted by atomic mass is 9.79. The third kappa shape index (κ3) is 2.48. The van der Waals surface area contributed by atoms with Gasteiger partial charge in [0.2, 0.25) is 0 Å². The number of anilines is 1. The van der Waals surface area contributed by atoms with Crippen LogP contribution in [0, 0.1) is 0 Å². The first-order valence-corrected chi connectivity index (χ1v) is 4.34. The molecule has 0 aliphatic rings. The summed E-state index contributed by atoms with van der Waals surface area (Å²) < 4.78 is 0. The Hall–Kier alpha value is -1.53. The van der Waals surface area contributed by atoms with E-state index in [1.807, 2.05) is 0 Å². The van der Waals surface area contributed by atoms with Crippen LogP contribution in [-0.2, 0) is 0 Å². The molecule has 15 heavy (non-hydrogen) atoms. The molecule has 0 amide bonds. The van der Waals surface area contributed by atoms with Crippen molar-refractivity contribution in [1.29, 1.82) is 0 Å². The number of carbonyl (C=O) groups is 1. The van der Waals surface area contributed by atoms with Crippen LogP contribution in [0.4, 0.5) is 5.69 Å². The average Bonchev–Trinajstić information content (AvgIpc) is 2.16. The van der Waals surface area contributed by atoms with Crippen molar-refractivity contribution in [3.63, 3.8) is 0 Å². The maximum absolute atomic E-state index is 10.9. The molecule has 3 N–H and O–H groups in total. The van der Waals surface area contributed by atoms with E-state index in [4.69, 9.17) is 15.2 Å². The first-order valence-electron chi connectivity index (χ1n) is 4.34. The van der Waals surface area contributed by atoms with E-state index in [2.05, 4.69) is 0 Å². The van der Waals surface area contributed by atoms with Gasteiger partial charge in [-0.3, -0.25) is 0 Å². The topological polar surface area (TPSA) is 81.0 Å². The van der Waals surface area contributed by atoms with Gasteiger partial charge >= 0.3 is 13.1 Å². The van der Waals surface area contributed by atoms with Crippen LogP contribution >= 0.6 is 0 Å². The summed E-state index contributed by atoms with van der Waals surface area (Å²) in [7, 11) is 1.79. The summed E-state index contributed by atoms with van der Waals surface area (Å²) in [6.07, 6.45) is 0. The molecule has 0 bridgehead atoms. The smallest absolute Gasteiger partial charge is 0.478 e. The molecule has 80 valence electrons. The molecule has 6 heteroatoms. The van der Waals surface area contributed by atoms with Crippen LogP contribution in [0.2, 0.25) is 0 Å². The van der Waals surface area contributed by atoms with Crippen LogP contribution in [-0.4, -0.2) is 42.3 Å². The van der Waals surface area contributed by atoms with E-state index in [1.54, 1.807) is 19.0 Å². The highest BCUT2D eigenvalue weighted by Gasteiger charge is 2.17. The number of aromatic carboxylic acids is 1. The lowest BCUT2D eigenvalue weighted by molar-refractivity contribution is 0.0697. The van der Waals surface area contributed by atoms with Crippen molar-refractivity contribution in [2.45, 2.75) is 0 Å². The van der Waals surface area contributed by atoms with Crippen LogP contribution in [0.5, 0.6) is 0 Å². The molecule has 0 heterocycles. The van der Waals surface area contributed by atoms with Crippen molar-refractivity contribution in [2.24, 2.45) is 0 Å². The highest BCUT2D eigenvalue weighted by Crippen LogP contribution is 2.16. The lowest BCUT2D eigenvalue weighted by Crippen LogP contribution is -2.31. The molecular weight excluding hydrogens is 197 g/mol. The van der Waals surface area contributed by atoms with E-state index in [-0.39, 0.29) is 11.0 Å². The van der Waals surface area contributed by atoms with Gasteiger partial charge in [0.15, 0.2) is 0 Å². The Morgan fingerprint density at radius 1 is 1.33 bits per heavy atom. The van der Waals surface area contributed by atoms with Crippen molar-refractivity contribution in [3.8, 4) is 0 Å². The van der Waals surface area contributed by atoms with Gasteiger partial charge in [-0.05, 0) is 17.6 Å². The standard InChI is InChI=1S/C9H12BNO4/c1-11(2)8-5-6(10(14)15)3-4-7(8)9(12)13/h3-5,14-15H,1-2H3,(H,12,13). The largest absolute Gasteiger partial charge is 0.488 e. The van der Waals surface area contributed by atoms with E-state index in [1.165, 1.54) is 18.2 Å². The van der Waals surface area contributed by atoms with Gasteiger partial charge in [-0.1, -0.05) is 6.07 Å². The molecule has 0 fully saturated rings. The molecular formula is C9H12BNO4. The predicted octanol–water partition coefficient (Wildman–Crippen LogP) is -0.869. The van der Waals surface area contributed by atoms with E-state index < -0.39 is 13.1 Å². The molecule has 1 aromatic rings. The first kappa shape index (κ1) is 11.5. The summed E-state index contributed by atoms with van der Waals surface area (Å²) in [5, 5.41) is 26.8. The highest BCUT2D eigenvalue weighted by atomic mass is 16.4. The van der Waals surface area contributed by atoms with Crippen LogP contribution in [0.15, 0.2) is 18.2 Å². The minimum Gasteiger partial charge on any atom is -0.478 e. The third-order valence-electron chi connectivity index (χ3n) is 2.03. The van der Waals surface area contributed by atoms with E-state index >= 15 is 0 Å². The molecule has 0 saturated heterocycles. The Labute approximate surface area is 87.7 Å². The maximum Gasteiger partial charge on any atom is 0.488 e. The molecule has 1 aromatic carbocycles. The number of carboxylic acids is 1. The van der Waals surface area contributed by atoms with Gasteiger partial charge < -0.3 is 20.1 Å². The summed E-state index contributed by atoms with van der Waals surface area (Å²) >= 11 is 0. The molecule has 0 aromatic heterocycles. The van der Waals surface area contributed by atoms with Gasteiger partial charge in [-0.25, -0.2) is 4.79 Å². The fourth-order valence-corrected chi connectivity index (χ4v) is 1.26. The lowest BCUT2D eigenvalue weighted by Gasteiger charge is -2.16. The van der Waals surface area contributed by atoms with Crippen LogP contribution in [0.1, 0.15) is 10.4 Å². The van der Waals surface area contributed by atoms with E-state index in [9.17, 15) is 4.79 Å². The highest BCUT2D eigenvalue weighted by molar-refractivity contribution is 6.58. The van der Waals surface area contributed by atoms with Crippen molar-refractivity contribution in [1.82, 2.24) is 0 Å². The van der Waals surface area contributed by atoms with Crippen molar-refractivity contribution in [3.05, 3.63) is 23.8 Å². The Bertz CT molecular complexity index is 378. The first-order chi connectivity index (χ1) is 6.93. The number of hydrogen-bond donors (Lipinski definition) is 3. The van der Waals surface area contributed by atoms with Gasteiger partial charge in [0.1, 0.15) is 0 Å². The number of nitrogens with zero attached hydrogens (tertiary/aromatic N) is 1. The normalized spacial score (nSPS) is 9.87. The number of rotatable bonds is 3. The van der Waals surface area contributed by atoms with Gasteiger partial charge in [0.25, 0.3) is 0 Å². The van der Waals surface area contributed by atoms with Gasteiger partial charge in [-0.15, -0.1) is 0 Å². The van der Waals surface area contributed by atoms with Crippen LogP contribution in [0.25, 0.3) is 0 Å². The molecule has 0 spiro atoms. The molecule has 0 unspecified atom stereocenters. The Morgan fingerprint density at radius 3 is 2.33 bits per heavy atom. The number of carboxylic acid groups (broad SMARTS) is 1. The van der Waals surface area contributed by atoms with Crippen molar-refractivity contribution < 1.29 is 19.9 Å². The molecule has 0 aliphatic heterocycles. The molecule has 5 nitrogen and oxygen atoms in total. The number of benzene rings is 1. The van der Waals surface area contributed by atoms with Crippen molar-refractivity contribution in [2.75, 3.05) is 19.0 Å². The second-order valence-corrected chi connectivity index (χ2v) is 3.35. The van der Waals surface area contributed by atoms with E-state index in [0.29, 0.717) is 5.69 Å². The Balaban J connectivity index is 3.27. The van der Waals surface area contributed by atoms with Gasteiger partial charge in [0.05, 0.1) is 11.3 Å².